The molecule has 1 aromatic heterocycles. The van der Waals surface area contributed by atoms with Crippen molar-refractivity contribution in [3.05, 3.63) is 47.2 Å². The molecule has 9 heteroatoms. The molecule has 0 radical (unpaired) electrons. The Bertz CT molecular complexity index is 942. The van der Waals surface area contributed by atoms with Gasteiger partial charge in [-0.1, -0.05) is 11.6 Å². The molecule has 33 heavy (non-hydrogen) atoms. The van der Waals surface area contributed by atoms with Crippen LogP contribution in [0, 0.1) is 5.92 Å². The first-order valence-electron chi connectivity index (χ1n) is 11.5. The van der Waals surface area contributed by atoms with Crippen molar-refractivity contribution in [3.8, 4) is 5.75 Å². The summed E-state index contributed by atoms with van der Waals surface area (Å²) < 4.78 is 13.4. The van der Waals surface area contributed by atoms with E-state index in [1.54, 1.807) is 23.0 Å². The Morgan fingerprint density at radius 3 is 2.58 bits per heavy atom. The van der Waals surface area contributed by atoms with Crippen molar-refractivity contribution in [1.29, 1.82) is 0 Å². The molecule has 0 saturated carbocycles. The first kappa shape index (κ1) is 23.6. The second-order valence-electron chi connectivity index (χ2n) is 8.72. The lowest BCUT2D eigenvalue weighted by atomic mass is 9.90. The summed E-state index contributed by atoms with van der Waals surface area (Å²) in [6.07, 6.45) is 5.71. The lowest BCUT2D eigenvalue weighted by Gasteiger charge is -2.39. The lowest BCUT2D eigenvalue weighted by molar-refractivity contribution is -0.141. The molecule has 4 rings (SSSR count). The van der Waals surface area contributed by atoms with Gasteiger partial charge in [-0.2, -0.15) is 5.10 Å². The molecule has 0 unspecified atom stereocenters. The van der Waals surface area contributed by atoms with Gasteiger partial charge in [0.1, 0.15) is 11.9 Å². The summed E-state index contributed by atoms with van der Waals surface area (Å²) >= 11 is 6.00. The van der Waals surface area contributed by atoms with E-state index in [2.05, 4.69) is 5.10 Å². The Hall–Kier alpha value is -2.58. The van der Waals surface area contributed by atoms with Crippen LogP contribution in [0.3, 0.4) is 0 Å². The predicted molar refractivity (Wildman–Crippen MR) is 124 cm³/mol. The molecule has 2 fully saturated rings. The van der Waals surface area contributed by atoms with Gasteiger partial charge in [0.25, 0.3) is 0 Å². The number of amides is 2. The summed E-state index contributed by atoms with van der Waals surface area (Å²) in [5.74, 6) is 0.849. The van der Waals surface area contributed by atoms with Gasteiger partial charge in [0.2, 0.25) is 11.8 Å². The fourth-order valence-electron chi connectivity index (χ4n) is 4.45. The highest BCUT2D eigenvalue weighted by atomic mass is 35.5. The van der Waals surface area contributed by atoms with E-state index in [0.29, 0.717) is 70.1 Å². The third-order valence-electron chi connectivity index (χ3n) is 6.30. The van der Waals surface area contributed by atoms with Crippen LogP contribution >= 0.6 is 11.6 Å². The third-order valence-corrected chi connectivity index (χ3v) is 6.56. The summed E-state index contributed by atoms with van der Waals surface area (Å²) in [4.78, 5) is 29.7. The van der Waals surface area contributed by atoms with Gasteiger partial charge in [-0.3, -0.25) is 14.3 Å². The fourth-order valence-corrected chi connectivity index (χ4v) is 4.58. The number of hydrogen-bond acceptors (Lipinski definition) is 5. The normalized spacial score (nSPS) is 21.2. The summed E-state index contributed by atoms with van der Waals surface area (Å²) in [7, 11) is 1.87. The first-order chi connectivity index (χ1) is 16.0. The Kier molecular flexibility index (Phi) is 7.88. The molecule has 0 spiro atoms. The molecule has 0 aliphatic carbocycles. The number of benzene rings is 1. The van der Waals surface area contributed by atoms with E-state index in [0.717, 1.165) is 11.3 Å². The highest BCUT2D eigenvalue weighted by Crippen LogP contribution is 2.28. The third kappa shape index (κ3) is 6.48. The van der Waals surface area contributed by atoms with E-state index in [1.807, 2.05) is 35.2 Å². The summed E-state index contributed by atoms with van der Waals surface area (Å²) in [6, 6.07) is 7.27. The molecule has 2 aliphatic rings. The Morgan fingerprint density at radius 1 is 1.12 bits per heavy atom. The van der Waals surface area contributed by atoms with Gasteiger partial charge in [0.05, 0.1) is 19.4 Å². The van der Waals surface area contributed by atoms with E-state index in [4.69, 9.17) is 21.1 Å². The molecular weight excluding hydrogens is 444 g/mol. The van der Waals surface area contributed by atoms with Crippen molar-refractivity contribution < 1.29 is 19.1 Å². The number of likely N-dealkylation sites (tertiary alicyclic amines) is 1. The zero-order valence-corrected chi connectivity index (χ0v) is 19.7. The van der Waals surface area contributed by atoms with E-state index >= 15 is 0 Å². The van der Waals surface area contributed by atoms with Gasteiger partial charge >= 0.3 is 0 Å². The number of aryl methyl sites for hydroxylation is 2. The van der Waals surface area contributed by atoms with Crippen molar-refractivity contribution in [2.75, 3.05) is 39.4 Å². The van der Waals surface area contributed by atoms with Gasteiger partial charge in [0.15, 0.2) is 0 Å². The molecule has 3 heterocycles. The first-order valence-corrected chi connectivity index (χ1v) is 11.9. The number of ether oxygens (including phenoxy) is 2. The van der Waals surface area contributed by atoms with Crippen molar-refractivity contribution in [1.82, 2.24) is 19.6 Å². The number of aromatic nitrogens is 2. The van der Waals surface area contributed by atoms with Crippen LogP contribution in [0.5, 0.6) is 5.75 Å². The number of piperidine rings is 1. The molecule has 2 aliphatic heterocycles. The van der Waals surface area contributed by atoms with Crippen LogP contribution in [0.15, 0.2) is 36.7 Å². The zero-order chi connectivity index (χ0) is 23.2. The van der Waals surface area contributed by atoms with Crippen LogP contribution in [0.25, 0.3) is 0 Å². The van der Waals surface area contributed by atoms with E-state index < -0.39 is 0 Å². The minimum absolute atomic E-state index is 0.0767. The number of nitrogens with zero attached hydrogens (tertiary/aromatic N) is 4. The number of hydrogen-bond donors (Lipinski definition) is 0. The minimum Gasteiger partial charge on any atom is -0.490 e. The molecule has 178 valence electrons. The van der Waals surface area contributed by atoms with Gasteiger partial charge in [-0.25, -0.2) is 0 Å². The molecule has 2 atom stereocenters. The van der Waals surface area contributed by atoms with Crippen molar-refractivity contribution in [2.24, 2.45) is 13.0 Å². The SMILES string of the molecule is Cn1cc(CCC(=O)N2CC[C@H](Oc3ccc(Cl)cc3)[C@@H](CC(=O)N3CCOCC3)C2)cn1. The maximum Gasteiger partial charge on any atom is 0.223 e. The average Bonchev–Trinajstić information content (AvgIpc) is 3.25. The van der Waals surface area contributed by atoms with Crippen molar-refractivity contribution in [2.45, 2.75) is 31.8 Å². The molecule has 0 N–H and O–H groups in total. The minimum atomic E-state index is -0.140. The highest BCUT2D eigenvalue weighted by molar-refractivity contribution is 6.30. The Balaban J connectivity index is 1.40. The van der Waals surface area contributed by atoms with Gasteiger partial charge in [-0.15, -0.1) is 0 Å². The van der Waals surface area contributed by atoms with Gasteiger partial charge in [-0.05, 0) is 36.2 Å². The number of morpholine rings is 1. The Morgan fingerprint density at radius 2 is 1.88 bits per heavy atom. The molecular formula is C24H31ClN4O4. The number of carbonyl (C=O) groups excluding carboxylic acids is 2. The van der Waals surface area contributed by atoms with E-state index in [1.165, 1.54) is 0 Å². The number of rotatable bonds is 7. The summed E-state index contributed by atoms with van der Waals surface area (Å²) in [6.45, 7) is 3.50. The van der Waals surface area contributed by atoms with Crippen molar-refractivity contribution >= 4 is 23.4 Å². The van der Waals surface area contributed by atoms with Crippen molar-refractivity contribution in [3.63, 3.8) is 0 Å². The van der Waals surface area contributed by atoms with Crippen LogP contribution < -0.4 is 4.74 Å². The molecule has 0 bridgehead atoms. The van der Waals surface area contributed by atoms with Crippen LogP contribution in [0.4, 0.5) is 0 Å². The fraction of sp³-hybridized carbons (Fsp3) is 0.542. The molecule has 2 saturated heterocycles. The van der Waals surface area contributed by atoms with Crippen LogP contribution in [0.2, 0.25) is 5.02 Å². The zero-order valence-electron chi connectivity index (χ0n) is 19.0. The maximum atomic E-state index is 13.0. The monoisotopic (exact) mass is 474 g/mol. The number of halogens is 1. The second-order valence-corrected chi connectivity index (χ2v) is 9.15. The molecule has 1 aromatic carbocycles. The van der Waals surface area contributed by atoms with Gasteiger partial charge in [0, 0.05) is 69.6 Å². The van der Waals surface area contributed by atoms with Crippen LogP contribution in [-0.2, 0) is 27.8 Å². The second kappa shape index (κ2) is 11.0. The molecule has 8 nitrogen and oxygen atoms in total. The number of carbonyl (C=O) groups is 2. The predicted octanol–water partition coefficient (Wildman–Crippen LogP) is 2.55. The molecule has 2 amide bonds. The summed E-state index contributed by atoms with van der Waals surface area (Å²) in [5.41, 5.74) is 1.05. The van der Waals surface area contributed by atoms with E-state index in [-0.39, 0.29) is 23.8 Å². The average molecular weight is 475 g/mol. The largest absolute Gasteiger partial charge is 0.490 e. The van der Waals surface area contributed by atoms with Crippen LogP contribution in [-0.4, -0.2) is 76.9 Å². The highest BCUT2D eigenvalue weighted by Gasteiger charge is 2.35. The van der Waals surface area contributed by atoms with Gasteiger partial charge < -0.3 is 19.3 Å². The maximum absolute atomic E-state index is 13.0. The molecule has 2 aromatic rings. The quantitative estimate of drug-likeness (QED) is 0.616. The topological polar surface area (TPSA) is 76.9 Å². The standard InChI is InChI=1S/C24H31ClN4O4/c1-27-16-18(15-26-27)2-7-23(30)29-9-8-22(33-21-5-3-20(25)4-6-21)19(17-29)14-24(31)28-10-12-32-13-11-28/h3-6,15-16,19,22H,2,7-14,17H2,1H3/t19-,22-/m0/s1. The lowest BCUT2D eigenvalue weighted by Crippen LogP contribution is -2.50. The van der Waals surface area contributed by atoms with E-state index in [9.17, 15) is 9.59 Å². The summed E-state index contributed by atoms with van der Waals surface area (Å²) in [5, 5.41) is 4.82. The van der Waals surface area contributed by atoms with Crippen LogP contribution in [0.1, 0.15) is 24.8 Å². The smallest absolute Gasteiger partial charge is 0.223 e. The Labute approximate surface area is 199 Å².